The van der Waals surface area contributed by atoms with Gasteiger partial charge >= 0.3 is 0 Å². The van der Waals surface area contributed by atoms with Gasteiger partial charge in [-0.05, 0) is 32.3 Å². The molecule has 1 unspecified atom stereocenters. The van der Waals surface area contributed by atoms with Gasteiger partial charge in [-0.25, -0.2) is 0 Å². The minimum atomic E-state index is -0.0984. The number of unbranched alkanes of at least 4 members (excludes halogenated alkanes) is 1. The molecule has 0 bridgehead atoms. The molecule has 8 heteroatoms. The second-order valence-electron chi connectivity index (χ2n) is 8.59. The largest absolute Gasteiger partial charge is 0.489 e. The molecule has 3 aromatic rings. The maximum absolute atomic E-state index is 13.8. The van der Waals surface area contributed by atoms with E-state index in [0.717, 1.165) is 41.3 Å². The van der Waals surface area contributed by atoms with Crippen molar-refractivity contribution in [2.45, 2.75) is 52.1 Å². The number of aryl methyl sites for hydroxylation is 1. The predicted octanol–water partition coefficient (Wildman–Crippen LogP) is 4.68. The molecule has 1 saturated heterocycles. The first kappa shape index (κ1) is 24.7. The van der Waals surface area contributed by atoms with Crippen LogP contribution in [0.15, 0.2) is 29.1 Å². The molecule has 0 radical (unpaired) electrons. The van der Waals surface area contributed by atoms with Gasteiger partial charge in [-0.15, -0.1) is 11.3 Å². The van der Waals surface area contributed by atoms with Gasteiger partial charge in [-0.1, -0.05) is 31.5 Å². The molecule has 1 atom stereocenters. The monoisotopic (exact) mass is 486 g/mol. The van der Waals surface area contributed by atoms with Crippen LogP contribution in [-0.2, 0) is 16.0 Å². The van der Waals surface area contributed by atoms with E-state index in [1.54, 1.807) is 7.11 Å². The van der Waals surface area contributed by atoms with Crippen molar-refractivity contribution >= 4 is 38.2 Å². The number of methoxy groups -OCH3 is 1. The second kappa shape index (κ2) is 11.3. The summed E-state index contributed by atoms with van der Waals surface area (Å²) in [4.78, 5) is 29.9. The Morgan fingerprint density at radius 3 is 2.79 bits per heavy atom. The average molecular weight is 487 g/mol. The first-order valence-corrected chi connectivity index (χ1v) is 13.0. The van der Waals surface area contributed by atoms with Crippen LogP contribution in [-0.4, -0.2) is 61.5 Å². The Balaban J connectivity index is 1.89. The minimum absolute atomic E-state index is 0.0388. The molecule has 4 rings (SSSR count). The van der Waals surface area contributed by atoms with Crippen LogP contribution in [0.25, 0.3) is 21.0 Å². The van der Waals surface area contributed by atoms with Gasteiger partial charge in [0.2, 0.25) is 0 Å². The molecule has 0 saturated carbocycles. The number of nitrogens with zero attached hydrogens (tertiary/aromatic N) is 2. The van der Waals surface area contributed by atoms with Gasteiger partial charge in [0.25, 0.3) is 11.5 Å². The quantitative estimate of drug-likeness (QED) is 0.368. The lowest BCUT2D eigenvalue weighted by molar-refractivity contribution is 0.0628. The SMILES string of the molecule is CCCCn1c(=O)c2c(OCCOCC)c(C(=O)N3CCCC3COC)sc2c2ccccc21. The summed E-state index contributed by atoms with van der Waals surface area (Å²) >= 11 is 1.37. The maximum atomic E-state index is 13.8. The highest BCUT2D eigenvalue weighted by atomic mass is 32.1. The predicted molar refractivity (Wildman–Crippen MR) is 136 cm³/mol. The normalized spacial score (nSPS) is 16.1. The third-order valence-corrected chi connectivity index (χ3v) is 7.56. The van der Waals surface area contributed by atoms with E-state index in [4.69, 9.17) is 14.2 Å². The summed E-state index contributed by atoms with van der Waals surface area (Å²) in [5.41, 5.74) is 0.798. The number of hydrogen-bond donors (Lipinski definition) is 0. The van der Waals surface area contributed by atoms with Crippen LogP contribution < -0.4 is 10.3 Å². The van der Waals surface area contributed by atoms with Crippen molar-refractivity contribution in [2.24, 2.45) is 0 Å². The number of carbonyl (C=O) groups is 1. The number of fused-ring (bicyclic) bond motifs is 3. The molecule has 0 aliphatic carbocycles. The first-order chi connectivity index (χ1) is 16.6. The molecular formula is C26H34N2O5S. The molecular weight excluding hydrogens is 452 g/mol. The first-order valence-electron chi connectivity index (χ1n) is 12.2. The summed E-state index contributed by atoms with van der Waals surface area (Å²) in [6.45, 7) is 7.12. The fraction of sp³-hybridized carbons (Fsp3) is 0.538. The Labute approximate surface area is 204 Å². The Kier molecular flexibility index (Phi) is 8.24. The number of benzene rings is 1. The molecule has 1 aromatic carbocycles. The highest BCUT2D eigenvalue weighted by Gasteiger charge is 2.34. The molecule has 3 heterocycles. The van der Waals surface area contributed by atoms with Crippen LogP contribution in [0.2, 0.25) is 0 Å². The van der Waals surface area contributed by atoms with Crippen molar-refractivity contribution in [1.82, 2.24) is 9.47 Å². The van der Waals surface area contributed by atoms with E-state index in [0.29, 0.717) is 48.9 Å². The Bertz CT molecular complexity index is 1200. The van der Waals surface area contributed by atoms with Crippen molar-refractivity contribution in [3.05, 3.63) is 39.5 Å². The van der Waals surface area contributed by atoms with Crippen LogP contribution in [0.5, 0.6) is 5.75 Å². The Morgan fingerprint density at radius 2 is 2.03 bits per heavy atom. The highest BCUT2D eigenvalue weighted by Crippen LogP contribution is 2.41. The number of aromatic nitrogens is 1. The molecule has 1 amide bonds. The molecule has 2 aromatic heterocycles. The number of rotatable bonds is 11. The highest BCUT2D eigenvalue weighted by molar-refractivity contribution is 7.22. The summed E-state index contributed by atoms with van der Waals surface area (Å²) in [5.74, 6) is 0.310. The molecule has 7 nitrogen and oxygen atoms in total. The maximum Gasteiger partial charge on any atom is 0.268 e. The number of carbonyl (C=O) groups excluding carboxylic acids is 1. The molecule has 1 fully saturated rings. The Morgan fingerprint density at radius 1 is 1.21 bits per heavy atom. The van der Waals surface area contributed by atoms with E-state index in [1.165, 1.54) is 11.3 Å². The third kappa shape index (κ3) is 4.72. The molecule has 0 N–H and O–H groups in total. The van der Waals surface area contributed by atoms with Crippen molar-refractivity contribution in [3.63, 3.8) is 0 Å². The van der Waals surface area contributed by atoms with Gasteiger partial charge in [0.1, 0.15) is 16.9 Å². The summed E-state index contributed by atoms with van der Waals surface area (Å²) < 4.78 is 19.6. The van der Waals surface area contributed by atoms with E-state index in [-0.39, 0.29) is 24.1 Å². The number of hydrogen-bond acceptors (Lipinski definition) is 6. The van der Waals surface area contributed by atoms with E-state index in [2.05, 4.69) is 6.92 Å². The number of likely N-dealkylation sites (tertiary alicyclic amines) is 1. The van der Waals surface area contributed by atoms with E-state index >= 15 is 0 Å². The van der Waals surface area contributed by atoms with E-state index in [9.17, 15) is 9.59 Å². The number of para-hydroxylation sites is 1. The van der Waals surface area contributed by atoms with Crippen LogP contribution >= 0.6 is 11.3 Å². The zero-order valence-electron chi connectivity index (χ0n) is 20.3. The smallest absolute Gasteiger partial charge is 0.268 e. The minimum Gasteiger partial charge on any atom is -0.489 e. The van der Waals surface area contributed by atoms with Crippen molar-refractivity contribution < 1.29 is 19.0 Å². The molecule has 184 valence electrons. The molecule has 0 spiro atoms. The standard InChI is InChI=1S/C26H34N2O5S/c1-4-6-13-28-20-12-8-7-11-19(20)23-21(25(28)29)22(33-16-15-32-5-2)24(34-23)26(30)27-14-9-10-18(27)17-31-3/h7-8,11-12,18H,4-6,9-10,13-17H2,1-3H3. The Hall–Kier alpha value is -2.42. The van der Waals surface area contributed by atoms with Crippen LogP contribution in [0, 0.1) is 0 Å². The zero-order chi connectivity index (χ0) is 24.1. The fourth-order valence-electron chi connectivity index (χ4n) is 4.71. The van der Waals surface area contributed by atoms with Crippen molar-refractivity contribution in [3.8, 4) is 5.75 Å². The van der Waals surface area contributed by atoms with Gasteiger partial charge < -0.3 is 23.7 Å². The summed E-state index contributed by atoms with van der Waals surface area (Å²) in [7, 11) is 1.66. The average Bonchev–Trinajstić information content (AvgIpc) is 3.47. The zero-order valence-corrected chi connectivity index (χ0v) is 21.1. The number of pyridine rings is 1. The molecule has 1 aliphatic heterocycles. The van der Waals surface area contributed by atoms with Crippen molar-refractivity contribution in [2.75, 3.05) is 40.1 Å². The molecule has 1 aliphatic rings. The second-order valence-corrected chi connectivity index (χ2v) is 9.61. The molecule has 34 heavy (non-hydrogen) atoms. The third-order valence-electron chi connectivity index (χ3n) is 6.37. The van der Waals surface area contributed by atoms with Gasteiger partial charge in [-0.3, -0.25) is 9.59 Å². The fourth-order valence-corrected chi connectivity index (χ4v) is 5.94. The summed E-state index contributed by atoms with van der Waals surface area (Å²) in [6.07, 6.45) is 3.74. The van der Waals surface area contributed by atoms with E-state index in [1.807, 2.05) is 40.7 Å². The van der Waals surface area contributed by atoms with Gasteiger partial charge in [0.05, 0.1) is 29.5 Å². The van der Waals surface area contributed by atoms with Gasteiger partial charge in [0, 0.05) is 32.2 Å². The lowest BCUT2D eigenvalue weighted by Gasteiger charge is -2.24. The van der Waals surface area contributed by atoms with Gasteiger partial charge in [-0.2, -0.15) is 0 Å². The summed E-state index contributed by atoms with van der Waals surface area (Å²) in [6, 6.07) is 7.98. The van der Waals surface area contributed by atoms with Crippen molar-refractivity contribution in [1.29, 1.82) is 0 Å². The van der Waals surface area contributed by atoms with Gasteiger partial charge in [0.15, 0.2) is 5.75 Å². The lowest BCUT2D eigenvalue weighted by atomic mass is 10.1. The van der Waals surface area contributed by atoms with Crippen LogP contribution in [0.4, 0.5) is 0 Å². The van der Waals surface area contributed by atoms with Crippen LogP contribution in [0.1, 0.15) is 49.2 Å². The topological polar surface area (TPSA) is 70.0 Å². The number of thiophene rings is 1. The van der Waals surface area contributed by atoms with Crippen LogP contribution in [0.3, 0.4) is 0 Å². The number of ether oxygens (including phenoxy) is 3. The lowest BCUT2D eigenvalue weighted by Crippen LogP contribution is -2.38. The number of amides is 1. The van der Waals surface area contributed by atoms with E-state index < -0.39 is 0 Å². The summed E-state index contributed by atoms with van der Waals surface area (Å²) in [5, 5.41) is 1.48.